The van der Waals surface area contributed by atoms with Gasteiger partial charge in [0.05, 0.1) is 7.14 Å². The third kappa shape index (κ3) is 17.6. The van der Waals surface area contributed by atoms with Gasteiger partial charge in [0.25, 0.3) is 0 Å². The van der Waals surface area contributed by atoms with Crippen LogP contribution in [0.5, 0.6) is 0 Å². The van der Waals surface area contributed by atoms with Crippen LogP contribution >= 0.6 is 7.14 Å². The van der Waals surface area contributed by atoms with Gasteiger partial charge < -0.3 is 4.57 Å². The summed E-state index contributed by atoms with van der Waals surface area (Å²) in [7, 11) is -2.13. The van der Waals surface area contributed by atoms with Crippen molar-refractivity contribution < 1.29 is 4.57 Å². The highest BCUT2D eigenvalue weighted by Gasteiger charge is 2.30. The van der Waals surface area contributed by atoms with Crippen molar-refractivity contribution in [2.45, 2.75) is 122 Å². The minimum atomic E-state index is -2.13. The Kier molecular flexibility index (Phi) is 11.8. The van der Waals surface area contributed by atoms with Crippen molar-refractivity contribution in [1.29, 1.82) is 0 Å². The van der Waals surface area contributed by atoms with Gasteiger partial charge in [-0.25, -0.2) is 0 Å². The molecular formula is C27H57OP. The fourth-order valence-corrected chi connectivity index (χ4v) is 8.64. The molecule has 0 fully saturated rings. The average Bonchev–Trinajstić information content (AvgIpc) is 2.46. The Labute approximate surface area is 186 Å². The first-order valence-electron chi connectivity index (χ1n) is 12.4. The molecule has 0 rings (SSSR count). The van der Waals surface area contributed by atoms with Gasteiger partial charge in [0, 0.05) is 18.5 Å². The summed E-state index contributed by atoms with van der Waals surface area (Å²) in [6.07, 6.45) is 10.2. The summed E-state index contributed by atoms with van der Waals surface area (Å²) < 4.78 is 14.2. The first-order chi connectivity index (χ1) is 12.8. The fourth-order valence-electron chi connectivity index (χ4n) is 4.24. The Morgan fingerprint density at radius 1 is 0.517 bits per heavy atom. The molecule has 0 aliphatic heterocycles. The lowest BCUT2D eigenvalue weighted by molar-refractivity contribution is 0.331. The molecule has 0 heterocycles. The van der Waals surface area contributed by atoms with Crippen molar-refractivity contribution in [3.63, 3.8) is 0 Å². The van der Waals surface area contributed by atoms with E-state index in [4.69, 9.17) is 0 Å². The third-order valence-corrected chi connectivity index (χ3v) is 9.96. The summed E-state index contributed by atoms with van der Waals surface area (Å²) in [5, 5.41) is 0. The second kappa shape index (κ2) is 11.7. The van der Waals surface area contributed by atoms with Gasteiger partial charge in [-0.3, -0.25) is 0 Å². The molecule has 0 bridgehead atoms. The SMILES string of the molecule is CC(CCC(C)(C)C)CP(=O)(CC(C)CCC(C)(C)C)CC(C)CCC(C)(C)C. The van der Waals surface area contributed by atoms with E-state index in [1.165, 1.54) is 38.5 Å². The van der Waals surface area contributed by atoms with E-state index >= 15 is 0 Å². The van der Waals surface area contributed by atoms with Crippen molar-refractivity contribution in [3.8, 4) is 0 Å². The van der Waals surface area contributed by atoms with Gasteiger partial charge in [-0.05, 0) is 72.5 Å². The zero-order valence-corrected chi connectivity index (χ0v) is 23.3. The van der Waals surface area contributed by atoms with Crippen LogP contribution in [-0.2, 0) is 4.57 Å². The van der Waals surface area contributed by atoms with Gasteiger partial charge in [-0.2, -0.15) is 0 Å². The van der Waals surface area contributed by atoms with Crippen LogP contribution in [0.3, 0.4) is 0 Å². The summed E-state index contributed by atoms with van der Waals surface area (Å²) in [6, 6.07) is 0. The number of rotatable bonds is 12. The van der Waals surface area contributed by atoms with E-state index in [0.717, 1.165) is 18.5 Å². The average molecular weight is 429 g/mol. The molecule has 3 atom stereocenters. The molecule has 0 saturated carbocycles. The number of hydrogen-bond donors (Lipinski definition) is 0. The van der Waals surface area contributed by atoms with Crippen LogP contribution in [0.15, 0.2) is 0 Å². The Hall–Kier alpha value is 0.230. The van der Waals surface area contributed by atoms with Crippen LogP contribution in [0.4, 0.5) is 0 Å². The predicted octanol–water partition coefficient (Wildman–Crippen LogP) is 9.74. The molecule has 0 amide bonds. The van der Waals surface area contributed by atoms with E-state index in [-0.39, 0.29) is 0 Å². The summed E-state index contributed by atoms with van der Waals surface area (Å²) >= 11 is 0. The fraction of sp³-hybridized carbons (Fsp3) is 1.00. The summed E-state index contributed by atoms with van der Waals surface area (Å²) in [5.41, 5.74) is 1.12. The highest BCUT2D eigenvalue weighted by atomic mass is 31.2. The lowest BCUT2D eigenvalue weighted by Gasteiger charge is -2.30. The van der Waals surface area contributed by atoms with Crippen molar-refractivity contribution >= 4 is 7.14 Å². The molecule has 0 aliphatic rings. The minimum absolute atomic E-state index is 0.373. The van der Waals surface area contributed by atoms with E-state index < -0.39 is 7.14 Å². The van der Waals surface area contributed by atoms with E-state index in [1.54, 1.807) is 0 Å². The van der Waals surface area contributed by atoms with Crippen molar-refractivity contribution in [3.05, 3.63) is 0 Å². The van der Waals surface area contributed by atoms with Gasteiger partial charge in [0.15, 0.2) is 0 Å². The second-order valence-electron chi connectivity index (χ2n) is 14.2. The molecule has 0 spiro atoms. The van der Waals surface area contributed by atoms with Crippen molar-refractivity contribution in [2.75, 3.05) is 18.5 Å². The first kappa shape index (κ1) is 29.2. The largest absolute Gasteiger partial charge is 0.324 e. The van der Waals surface area contributed by atoms with E-state index in [1.807, 2.05) is 0 Å². The van der Waals surface area contributed by atoms with E-state index in [2.05, 4.69) is 83.1 Å². The Morgan fingerprint density at radius 2 is 0.724 bits per heavy atom. The molecule has 0 aromatic carbocycles. The van der Waals surface area contributed by atoms with Crippen LogP contribution in [0, 0.1) is 34.0 Å². The molecule has 0 N–H and O–H groups in total. The third-order valence-electron chi connectivity index (χ3n) is 6.09. The van der Waals surface area contributed by atoms with Gasteiger partial charge in [0.1, 0.15) is 0 Å². The van der Waals surface area contributed by atoms with E-state index in [9.17, 15) is 4.57 Å². The molecule has 0 aliphatic carbocycles. The molecule has 0 aromatic heterocycles. The van der Waals surface area contributed by atoms with Crippen LogP contribution < -0.4 is 0 Å². The Morgan fingerprint density at radius 3 is 0.897 bits per heavy atom. The second-order valence-corrected chi connectivity index (χ2v) is 17.4. The summed E-state index contributed by atoms with van der Waals surface area (Å²) in [6.45, 7) is 27.9. The molecule has 176 valence electrons. The maximum atomic E-state index is 14.2. The Balaban J connectivity index is 5.07. The van der Waals surface area contributed by atoms with Crippen LogP contribution in [-0.4, -0.2) is 18.5 Å². The highest BCUT2D eigenvalue weighted by molar-refractivity contribution is 7.63. The standard InChI is InChI=1S/C27H57OP/c1-22(13-16-25(4,5)6)19-29(28,20-23(2)14-17-26(7,8)9)21-24(3)15-18-27(10,11)12/h22-24H,13-21H2,1-12H3. The summed E-state index contributed by atoms with van der Waals surface area (Å²) in [5.74, 6) is 1.72. The maximum absolute atomic E-state index is 14.2. The van der Waals surface area contributed by atoms with Gasteiger partial charge in [-0.1, -0.05) is 83.1 Å². The first-order valence-corrected chi connectivity index (χ1v) is 14.6. The summed E-state index contributed by atoms with van der Waals surface area (Å²) in [4.78, 5) is 0. The molecule has 1 nitrogen and oxygen atoms in total. The van der Waals surface area contributed by atoms with Crippen LogP contribution in [0.25, 0.3) is 0 Å². The number of hydrogen-bond acceptors (Lipinski definition) is 1. The molecule has 0 radical (unpaired) electrons. The van der Waals surface area contributed by atoms with Crippen molar-refractivity contribution in [1.82, 2.24) is 0 Å². The molecule has 0 aromatic rings. The lowest BCUT2D eigenvalue weighted by atomic mass is 9.87. The Bertz CT molecular complexity index is 415. The van der Waals surface area contributed by atoms with Crippen molar-refractivity contribution in [2.24, 2.45) is 34.0 Å². The molecule has 29 heavy (non-hydrogen) atoms. The monoisotopic (exact) mass is 428 g/mol. The van der Waals surface area contributed by atoms with Crippen LogP contribution in [0.1, 0.15) is 122 Å². The zero-order chi connectivity index (χ0) is 23.1. The van der Waals surface area contributed by atoms with Gasteiger partial charge in [-0.15, -0.1) is 0 Å². The highest BCUT2D eigenvalue weighted by Crippen LogP contribution is 2.52. The molecule has 0 saturated heterocycles. The molecular weight excluding hydrogens is 371 g/mol. The van der Waals surface area contributed by atoms with Gasteiger partial charge in [0.2, 0.25) is 0 Å². The maximum Gasteiger partial charge on any atom is 0.0885 e. The van der Waals surface area contributed by atoms with E-state index in [0.29, 0.717) is 34.0 Å². The predicted molar refractivity (Wildman–Crippen MR) is 136 cm³/mol. The molecule has 3 unspecified atom stereocenters. The van der Waals surface area contributed by atoms with Crippen LogP contribution in [0.2, 0.25) is 0 Å². The zero-order valence-electron chi connectivity index (χ0n) is 22.5. The normalized spacial score (nSPS) is 18.9. The topological polar surface area (TPSA) is 17.1 Å². The quantitative estimate of drug-likeness (QED) is 0.283. The smallest absolute Gasteiger partial charge is 0.0885 e. The molecule has 2 heteroatoms. The minimum Gasteiger partial charge on any atom is -0.324 e. The van der Waals surface area contributed by atoms with Gasteiger partial charge >= 0.3 is 0 Å². The lowest BCUT2D eigenvalue weighted by Crippen LogP contribution is -2.18.